The van der Waals surface area contributed by atoms with E-state index in [1.165, 1.54) is 10.1 Å². The first-order chi connectivity index (χ1) is 13.4. The second-order valence-corrected chi connectivity index (χ2v) is 8.46. The van der Waals surface area contributed by atoms with Crippen LogP contribution in [-0.4, -0.2) is 68.9 Å². The molecule has 0 aromatic heterocycles. The largest absolute Gasteiger partial charge is 0.481 e. The Hall–Kier alpha value is -1.22. The summed E-state index contributed by atoms with van der Waals surface area (Å²) in [5, 5.41) is 41.0. The third-order valence-corrected chi connectivity index (χ3v) is 6.78. The molecule has 0 saturated carbocycles. The monoisotopic (exact) mass is 400 g/mol. The smallest absolute Gasteiger partial charge is 0.310 e. The lowest BCUT2D eigenvalue weighted by molar-refractivity contribution is -0.177. The number of hydrogen-bond acceptors (Lipinski definition) is 6. The van der Waals surface area contributed by atoms with Gasteiger partial charge in [-0.2, -0.15) is 10.1 Å². The summed E-state index contributed by atoms with van der Waals surface area (Å²) in [5.74, 6) is -1.42. The average Bonchev–Trinajstić information content (AvgIpc) is 2.65. The van der Waals surface area contributed by atoms with E-state index < -0.39 is 17.4 Å². The van der Waals surface area contributed by atoms with Gasteiger partial charge >= 0.3 is 11.9 Å². The fourth-order valence-electron chi connectivity index (χ4n) is 5.18. The second-order valence-electron chi connectivity index (χ2n) is 8.46. The molecule has 0 aliphatic carbocycles. The van der Waals surface area contributed by atoms with Gasteiger partial charge in [0.25, 0.3) is 0 Å². The molecule has 0 amide bonds. The normalized spacial score (nSPS) is 21.1. The lowest BCUT2D eigenvalue weighted by Crippen LogP contribution is -2.51. The molecule has 0 aromatic rings. The van der Waals surface area contributed by atoms with E-state index in [0.717, 1.165) is 25.7 Å². The van der Waals surface area contributed by atoms with Crippen LogP contribution >= 0.6 is 0 Å². The summed E-state index contributed by atoms with van der Waals surface area (Å²) in [4.78, 5) is 23.2. The minimum atomic E-state index is -0.802. The van der Waals surface area contributed by atoms with Crippen molar-refractivity contribution in [1.29, 1.82) is 0 Å². The molecule has 2 heterocycles. The number of rotatable bonds is 11. The molecular weight excluding hydrogens is 364 g/mol. The molecule has 8 heteroatoms. The van der Waals surface area contributed by atoms with Crippen molar-refractivity contribution in [2.45, 2.75) is 70.6 Å². The van der Waals surface area contributed by atoms with Crippen molar-refractivity contribution in [1.82, 2.24) is 10.1 Å². The first-order valence-corrected chi connectivity index (χ1v) is 10.7. The van der Waals surface area contributed by atoms with Gasteiger partial charge in [0, 0.05) is 32.6 Å². The molecule has 0 spiro atoms. The number of hydrogen-bond donors (Lipinski definition) is 4. The van der Waals surface area contributed by atoms with Crippen LogP contribution in [0.1, 0.15) is 70.6 Å². The molecule has 162 valence electrons. The Morgan fingerprint density at radius 3 is 1.61 bits per heavy atom. The lowest BCUT2D eigenvalue weighted by Gasteiger charge is -2.47. The minimum absolute atomic E-state index is 0.0376. The first-order valence-electron chi connectivity index (χ1n) is 10.7. The number of unbranched alkanes of at least 4 members (excludes halogenated alkanes) is 4. The van der Waals surface area contributed by atoms with Gasteiger partial charge in [0.1, 0.15) is 0 Å². The molecule has 2 rings (SSSR count). The summed E-state index contributed by atoms with van der Waals surface area (Å²) in [6.07, 6.45) is 7.72. The Morgan fingerprint density at radius 2 is 1.18 bits per heavy atom. The van der Waals surface area contributed by atoms with Gasteiger partial charge in [0.15, 0.2) is 0 Å². The molecule has 2 aliphatic heterocycles. The Labute approximate surface area is 167 Å². The van der Waals surface area contributed by atoms with Crippen molar-refractivity contribution in [2.75, 3.05) is 26.2 Å². The Morgan fingerprint density at radius 1 is 0.750 bits per heavy atom. The second kappa shape index (κ2) is 11.1. The zero-order chi connectivity index (χ0) is 20.6. The van der Waals surface area contributed by atoms with Crippen molar-refractivity contribution in [3.63, 3.8) is 0 Å². The van der Waals surface area contributed by atoms with Gasteiger partial charge in [-0.3, -0.25) is 9.59 Å². The Kier molecular flexibility index (Phi) is 9.14. The summed E-state index contributed by atoms with van der Waals surface area (Å²) < 4.78 is 0. The molecule has 0 atom stereocenters. The van der Waals surface area contributed by atoms with E-state index in [-0.39, 0.29) is 18.3 Å². The molecule has 4 N–H and O–H groups in total. The van der Waals surface area contributed by atoms with E-state index in [1.54, 1.807) is 0 Å². The van der Waals surface area contributed by atoms with Crippen LogP contribution in [-0.2, 0) is 9.59 Å². The van der Waals surface area contributed by atoms with E-state index in [9.17, 15) is 25.1 Å². The molecule has 0 aromatic carbocycles. The van der Waals surface area contributed by atoms with Crippen LogP contribution in [0.15, 0.2) is 0 Å². The van der Waals surface area contributed by atoms with Crippen LogP contribution < -0.4 is 0 Å². The molecule has 2 fully saturated rings. The van der Waals surface area contributed by atoms with Crippen LogP contribution in [0, 0.1) is 17.3 Å². The van der Waals surface area contributed by atoms with Crippen molar-refractivity contribution in [2.24, 2.45) is 17.3 Å². The highest BCUT2D eigenvalue weighted by atomic mass is 16.5. The van der Waals surface area contributed by atoms with Crippen LogP contribution in [0.3, 0.4) is 0 Å². The quantitative estimate of drug-likeness (QED) is 0.390. The molecular formula is C20H36N2O6. The summed E-state index contributed by atoms with van der Waals surface area (Å²) in [6, 6.07) is 0. The lowest BCUT2D eigenvalue weighted by atomic mass is 9.59. The van der Waals surface area contributed by atoms with Gasteiger partial charge in [0.05, 0.1) is 5.41 Å². The number of carboxylic acid groups (broad SMARTS) is 2. The van der Waals surface area contributed by atoms with Gasteiger partial charge in [-0.05, 0) is 50.4 Å². The number of piperidine rings is 2. The number of hydroxylamine groups is 4. The van der Waals surface area contributed by atoms with Crippen LogP contribution in [0.25, 0.3) is 0 Å². The fraction of sp³-hybridized carbons (Fsp3) is 0.900. The molecule has 8 nitrogen and oxygen atoms in total. The van der Waals surface area contributed by atoms with E-state index in [1.807, 2.05) is 0 Å². The predicted octanol–water partition coefficient (Wildman–Crippen LogP) is 3.08. The summed E-state index contributed by atoms with van der Waals surface area (Å²) in [7, 11) is 0. The Bertz CT molecular complexity index is 477. The maximum absolute atomic E-state index is 12.6. The van der Waals surface area contributed by atoms with Crippen LogP contribution in [0.2, 0.25) is 0 Å². The SMILES string of the molecule is O=C(O)CCCCCCCC(C(=O)O)(C1CCN(O)CC1)C1CCN(O)CC1. The van der Waals surface area contributed by atoms with Crippen LogP contribution in [0.4, 0.5) is 0 Å². The van der Waals surface area contributed by atoms with Crippen LogP contribution in [0.5, 0.6) is 0 Å². The molecule has 28 heavy (non-hydrogen) atoms. The minimum Gasteiger partial charge on any atom is -0.481 e. The molecule has 0 bridgehead atoms. The van der Waals surface area contributed by atoms with Gasteiger partial charge in [-0.25, -0.2) is 0 Å². The average molecular weight is 401 g/mol. The summed E-state index contributed by atoms with van der Waals surface area (Å²) in [5.41, 5.74) is -0.802. The topological polar surface area (TPSA) is 122 Å². The molecule has 0 unspecified atom stereocenters. The zero-order valence-corrected chi connectivity index (χ0v) is 16.8. The fourth-order valence-corrected chi connectivity index (χ4v) is 5.18. The van der Waals surface area contributed by atoms with Gasteiger partial charge in [-0.15, -0.1) is 0 Å². The standard InChI is InChI=1S/C20H36N2O6/c23-18(24)6-4-2-1-3-5-11-20(19(25)26,16-7-12-21(27)13-8-16)17-9-14-22(28)15-10-17/h16-17,27-28H,1-15H2,(H,23,24)(H,25,26). The van der Waals surface area contributed by atoms with Gasteiger partial charge < -0.3 is 20.6 Å². The van der Waals surface area contributed by atoms with E-state index in [4.69, 9.17) is 5.11 Å². The van der Waals surface area contributed by atoms with Crippen molar-refractivity contribution >= 4 is 11.9 Å². The van der Waals surface area contributed by atoms with Gasteiger partial charge in [0.2, 0.25) is 0 Å². The van der Waals surface area contributed by atoms with Crippen molar-refractivity contribution < 1.29 is 30.2 Å². The first kappa shape index (κ1) is 23.1. The third kappa shape index (κ3) is 6.14. The number of carbonyl (C=O) groups is 2. The van der Waals surface area contributed by atoms with Crippen molar-refractivity contribution in [3.05, 3.63) is 0 Å². The van der Waals surface area contributed by atoms with E-state index in [2.05, 4.69) is 0 Å². The number of aliphatic carboxylic acids is 2. The van der Waals surface area contributed by atoms with E-state index in [0.29, 0.717) is 64.7 Å². The highest BCUT2D eigenvalue weighted by Gasteiger charge is 2.51. The maximum Gasteiger partial charge on any atom is 0.310 e. The number of nitrogens with zero attached hydrogens (tertiary/aromatic N) is 2. The predicted molar refractivity (Wildman–Crippen MR) is 102 cm³/mol. The molecule has 2 aliphatic rings. The number of carboxylic acids is 2. The molecule has 0 radical (unpaired) electrons. The molecule has 2 saturated heterocycles. The summed E-state index contributed by atoms with van der Waals surface area (Å²) >= 11 is 0. The summed E-state index contributed by atoms with van der Waals surface area (Å²) in [6.45, 7) is 2.03. The zero-order valence-electron chi connectivity index (χ0n) is 16.8. The van der Waals surface area contributed by atoms with E-state index >= 15 is 0 Å². The highest BCUT2D eigenvalue weighted by molar-refractivity contribution is 5.75. The maximum atomic E-state index is 12.6. The third-order valence-electron chi connectivity index (χ3n) is 6.78. The Balaban J connectivity index is 2.00. The van der Waals surface area contributed by atoms with Crippen molar-refractivity contribution in [3.8, 4) is 0 Å². The highest BCUT2D eigenvalue weighted by Crippen LogP contribution is 2.49. The van der Waals surface area contributed by atoms with Gasteiger partial charge in [-0.1, -0.05) is 25.7 Å².